The summed E-state index contributed by atoms with van der Waals surface area (Å²) in [6.07, 6.45) is 45.4. The second-order valence-electron chi connectivity index (χ2n) is 28.2. The first-order valence-corrected chi connectivity index (χ1v) is 38.2. The van der Waals surface area contributed by atoms with E-state index in [1.165, 1.54) is 206 Å². The van der Waals surface area contributed by atoms with Crippen molar-refractivity contribution in [3.05, 3.63) is 252 Å². The van der Waals surface area contributed by atoms with E-state index in [9.17, 15) is 0 Å². The lowest BCUT2D eigenvalue weighted by atomic mass is 9.76. The van der Waals surface area contributed by atoms with E-state index in [1.54, 1.807) is 24.6 Å². The van der Waals surface area contributed by atoms with Gasteiger partial charge in [-0.1, -0.05) is 109 Å². The summed E-state index contributed by atoms with van der Waals surface area (Å²) in [5.41, 5.74) is 23.0. The summed E-state index contributed by atoms with van der Waals surface area (Å²) in [6.45, 7) is 12.8. The van der Waals surface area contributed by atoms with Crippen molar-refractivity contribution in [3.63, 3.8) is 0 Å². The monoisotopic (exact) mass is 1370 g/mol. The number of hydrogen-bond acceptors (Lipinski definition) is 10. The number of piperazine rings is 1. The van der Waals surface area contributed by atoms with Crippen molar-refractivity contribution < 1.29 is 0 Å². The Labute approximate surface area is 597 Å². The van der Waals surface area contributed by atoms with Gasteiger partial charge in [0.2, 0.25) is 0 Å². The highest BCUT2D eigenvalue weighted by molar-refractivity contribution is 6.31. The van der Waals surface area contributed by atoms with Gasteiger partial charge in [0.15, 0.2) is 0 Å². The number of aryl methyl sites for hydroxylation is 9. The highest BCUT2D eigenvalue weighted by Crippen LogP contribution is 2.44. The zero-order chi connectivity index (χ0) is 66.7. The van der Waals surface area contributed by atoms with Gasteiger partial charge < -0.3 is 29.7 Å². The number of nitrogens with one attached hydrogen (secondary N) is 3. The lowest BCUT2D eigenvalue weighted by Gasteiger charge is -2.39. The smallest absolute Gasteiger partial charge is 0.0921 e. The zero-order valence-electron chi connectivity index (χ0n) is 57.4. The SMILES string of the molecule is Clc1ccc2c(c1)CCc1cccnc1C2=C1CCN(CCCCCc2cnc[nH]2)CC1.Clc1ccc2c(c1)CCc1cccnc1C2C1CCN(CCCCCCc2cnc[nH]2)CC1.Clc1ccc2c(c1)CCc1cccnc1C2N1CCN(CCCCCCc2cnc[nH]2)CC1. The first-order valence-electron chi connectivity index (χ1n) is 37.1. The number of hydrogen-bond donors (Lipinski definition) is 3. The number of pyridine rings is 3. The number of aromatic amines is 3. The second-order valence-corrected chi connectivity index (χ2v) is 29.5. The summed E-state index contributed by atoms with van der Waals surface area (Å²) in [7, 11) is 0. The standard InChI is InChI=1S/C28H35ClN4.C27H34ClN5.C27H31ClN4/c29-24-10-11-26-23(18-24)9-8-22-6-5-14-31-28(22)27(26)21-12-16-33(17-13-21)15-4-2-1-3-7-25-19-30-20-32-25;28-23-10-11-25-22(18-23)9-8-21-6-5-12-30-26(21)27(25)33-16-14-32(15-17-33)13-4-2-1-3-7-24-19-29-20-31-24;28-23-9-10-25-22(17-23)8-7-21-5-4-13-30-27(21)26(25)20-11-15-32(16-12-20)14-3-1-2-6-24-18-29-19-31-24/h5-6,10-11,14,18-21,27H,1-4,7-9,12-13,15-17H2,(H,30,32);5-6,10-12,18-20,27H,1-4,7-9,13-17H2,(H,29,31);4-5,9-10,13,17-19H,1-3,6-8,11-12,14-16H2,(H,29,31). The minimum Gasteiger partial charge on any atom is -0.348 e. The molecular formula is C82H100Cl3N13. The molecule has 514 valence electrons. The van der Waals surface area contributed by atoms with Crippen molar-refractivity contribution in [1.82, 2.24) is 64.5 Å². The zero-order valence-corrected chi connectivity index (χ0v) is 59.7. The van der Waals surface area contributed by atoms with Crippen LogP contribution in [0, 0.1) is 5.92 Å². The van der Waals surface area contributed by atoms with Gasteiger partial charge >= 0.3 is 0 Å². The van der Waals surface area contributed by atoms with Crippen LogP contribution in [-0.2, 0) is 57.8 Å². The molecule has 3 aliphatic heterocycles. The maximum absolute atomic E-state index is 6.37. The summed E-state index contributed by atoms with van der Waals surface area (Å²) in [5, 5.41) is 2.51. The molecule has 13 nitrogen and oxygen atoms in total. The summed E-state index contributed by atoms with van der Waals surface area (Å²) >= 11 is 19.1. The van der Waals surface area contributed by atoms with Crippen LogP contribution in [0.15, 0.2) is 153 Å². The first kappa shape index (κ1) is 69.7. The van der Waals surface area contributed by atoms with Gasteiger partial charge in [0.05, 0.1) is 42.1 Å². The van der Waals surface area contributed by atoms with Crippen LogP contribution in [0.4, 0.5) is 0 Å². The molecule has 2 unspecified atom stereocenters. The number of unbranched alkanes of at least 4 members (excludes halogenated alkanes) is 8. The van der Waals surface area contributed by atoms with Crippen LogP contribution >= 0.6 is 34.8 Å². The van der Waals surface area contributed by atoms with Crippen molar-refractivity contribution in [1.29, 1.82) is 0 Å². The van der Waals surface area contributed by atoms with Crippen molar-refractivity contribution in [2.24, 2.45) is 5.92 Å². The Hall–Kier alpha value is -6.81. The number of H-pyrrole nitrogens is 3. The van der Waals surface area contributed by atoms with Crippen LogP contribution in [0.5, 0.6) is 0 Å². The van der Waals surface area contributed by atoms with E-state index in [-0.39, 0.29) is 6.04 Å². The van der Waals surface area contributed by atoms with E-state index in [4.69, 9.17) is 49.8 Å². The van der Waals surface area contributed by atoms with Crippen molar-refractivity contribution in [2.45, 2.75) is 166 Å². The number of likely N-dealkylation sites (tertiary alicyclic amines) is 2. The van der Waals surface area contributed by atoms with Gasteiger partial charge in [-0.25, -0.2) is 15.0 Å². The third kappa shape index (κ3) is 18.6. The third-order valence-corrected chi connectivity index (χ3v) is 22.5. The molecule has 0 spiro atoms. The Bertz CT molecular complexity index is 3770. The Kier molecular flexibility index (Phi) is 25.2. The van der Waals surface area contributed by atoms with Gasteiger partial charge in [0.25, 0.3) is 0 Å². The number of fused-ring (bicyclic) bond motifs is 6. The third-order valence-electron chi connectivity index (χ3n) is 21.8. The molecule has 3 aliphatic carbocycles. The Morgan fingerprint density at radius 1 is 0.398 bits per heavy atom. The molecule has 9 heterocycles. The fourth-order valence-electron chi connectivity index (χ4n) is 16.5. The average molecular weight is 1370 g/mol. The highest BCUT2D eigenvalue weighted by atomic mass is 35.5. The molecule has 0 bridgehead atoms. The van der Waals surface area contributed by atoms with Gasteiger partial charge in [-0.3, -0.25) is 19.9 Å². The molecule has 98 heavy (non-hydrogen) atoms. The number of benzene rings is 3. The number of imidazole rings is 3. The predicted molar refractivity (Wildman–Crippen MR) is 400 cm³/mol. The molecule has 9 aromatic rings. The molecular weight excluding hydrogens is 1270 g/mol. The molecule has 0 amide bonds. The predicted octanol–water partition coefficient (Wildman–Crippen LogP) is 17.1. The normalized spacial score (nSPS) is 18.3. The maximum atomic E-state index is 6.37. The highest BCUT2D eigenvalue weighted by Gasteiger charge is 2.35. The first-order chi connectivity index (χ1) is 48.3. The topological polar surface area (TPSA) is 138 Å². The summed E-state index contributed by atoms with van der Waals surface area (Å²) in [5.74, 6) is 1.06. The quantitative estimate of drug-likeness (QED) is 0.0563. The minimum atomic E-state index is 0.237. The van der Waals surface area contributed by atoms with E-state index in [0.29, 0.717) is 11.8 Å². The number of aromatic nitrogens is 9. The Balaban J connectivity index is 0.000000132. The van der Waals surface area contributed by atoms with Crippen molar-refractivity contribution >= 4 is 40.4 Å². The number of nitrogens with zero attached hydrogens (tertiary/aromatic N) is 10. The molecule has 16 heteroatoms. The molecule has 6 aliphatic rings. The van der Waals surface area contributed by atoms with E-state index < -0.39 is 0 Å². The molecule has 3 N–H and O–H groups in total. The van der Waals surface area contributed by atoms with E-state index in [2.05, 4.69) is 128 Å². The summed E-state index contributed by atoms with van der Waals surface area (Å²) in [6, 6.07) is 32.7. The Morgan fingerprint density at radius 2 is 0.847 bits per heavy atom. The fourth-order valence-corrected chi connectivity index (χ4v) is 17.1. The van der Waals surface area contributed by atoms with Crippen LogP contribution in [0.3, 0.4) is 0 Å². The van der Waals surface area contributed by atoms with Gasteiger partial charge in [0, 0.05) is 120 Å². The fraction of sp³-hybridized carbons (Fsp3) is 0.463. The lowest BCUT2D eigenvalue weighted by molar-refractivity contribution is 0.106. The van der Waals surface area contributed by atoms with Gasteiger partial charge in [-0.15, -0.1) is 0 Å². The lowest BCUT2D eigenvalue weighted by Crippen LogP contribution is -2.48. The van der Waals surface area contributed by atoms with Crippen LogP contribution in [0.1, 0.15) is 193 Å². The van der Waals surface area contributed by atoms with Crippen LogP contribution in [0.2, 0.25) is 15.1 Å². The molecule has 15 rings (SSSR count). The molecule has 0 radical (unpaired) electrons. The van der Waals surface area contributed by atoms with Crippen LogP contribution in [0.25, 0.3) is 5.57 Å². The number of piperidine rings is 2. The summed E-state index contributed by atoms with van der Waals surface area (Å²) < 4.78 is 0. The maximum Gasteiger partial charge on any atom is 0.0921 e. The largest absolute Gasteiger partial charge is 0.348 e. The molecule has 0 saturated carbocycles. The molecule has 3 fully saturated rings. The molecule has 3 aromatic carbocycles. The average Bonchev–Trinajstić information content (AvgIpc) is 1.52. The number of halogens is 3. The molecule has 2 atom stereocenters. The molecule has 6 aromatic heterocycles. The van der Waals surface area contributed by atoms with Crippen molar-refractivity contribution in [2.75, 3.05) is 72.0 Å². The molecule has 3 saturated heterocycles. The second kappa shape index (κ2) is 35.5. The van der Waals surface area contributed by atoms with Gasteiger partial charge in [-0.05, 0) is 265 Å². The van der Waals surface area contributed by atoms with Crippen LogP contribution < -0.4 is 0 Å². The number of rotatable bonds is 22. The van der Waals surface area contributed by atoms with Gasteiger partial charge in [-0.2, -0.15) is 0 Å². The van der Waals surface area contributed by atoms with Crippen LogP contribution in [-0.4, -0.2) is 136 Å². The summed E-state index contributed by atoms with van der Waals surface area (Å²) in [4.78, 5) is 47.2. The van der Waals surface area contributed by atoms with E-state index in [0.717, 1.165) is 125 Å². The van der Waals surface area contributed by atoms with Gasteiger partial charge in [0.1, 0.15) is 0 Å². The Morgan fingerprint density at radius 3 is 1.43 bits per heavy atom. The van der Waals surface area contributed by atoms with E-state index in [1.807, 2.05) is 49.3 Å². The van der Waals surface area contributed by atoms with Crippen molar-refractivity contribution in [3.8, 4) is 0 Å². The van der Waals surface area contributed by atoms with E-state index >= 15 is 0 Å². The minimum absolute atomic E-state index is 0.237.